The van der Waals surface area contributed by atoms with Gasteiger partial charge in [-0.2, -0.15) is 5.10 Å². The molecular formula is C17H24ClN3. The summed E-state index contributed by atoms with van der Waals surface area (Å²) < 4.78 is 2.00. The molecule has 0 bridgehead atoms. The molecule has 1 aromatic heterocycles. The second-order valence-corrected chi connectivity index (χ2v) is 5.81. The van der Waals surface area contributed by atoms with Gasteiger partial charge in [-0.05, 0) is 49.6 Å². The molecule has 1 unspecified atom stereocenters. The fourth-order valence-electron chi connectivity index (χ4n) is 2.50. The summed E-state index contributed by atoms with van der Waals surface area (Å²) in [6, 6.07) is 10.6. The predicted molar refractivity (Wildman–Crippen MR) is 88.8 cm³/mol. The maximum Gasteiger partial charge on any atom is 0.0625 e. The molecule has 0 aliphatic carbocycles. The molecule has 114 valence electrons. The number of nitrogens with one attached hydrogen (secondary N) is 1. The van der Waals surface area contributed by atoms with E-state index in [-0.39, 0.29) is 6.04 Å². The van der Waals surface area contributed by atoms with Gasteiger partial charge in [0.15, 0.2) is 0 Å². The van der Waals surface area contributed by atoms with Crippen molar-refractivity contribution < 1.29 is 0 Å². The molecular weight excluding hydrogens is 282 g/mol. The van der Waals surface area contributed by atoms with Crippen molar-refractivity contribution in [2.75, 3.05) is 6.54 Å². The molecule has 0 aliphatic heterocycles. The first kappa shape index (κ1) is 16.1. The Balaban J connectivity index is 2.20. The summed E-state index contributed by atoms with van der Waals surface area (Å²) >= 11 is 5.97. The van der Waals surface area contributed by atoms with Crippen molar-refractivity contribution in [1.29, 1.82) is 0 Å². The van der Waals surface area contributed by atoms with Crippen molar-refractivity contribution in [3.63, 3.8) is 0 Å². The molecule has 1 aromatic carbocycles. The highest BCUT2D eigenvalue weighted by molar-refractivity contribution is 6.30. The van der Waals surface area contributed by atoms with Crippen LogP contribution in [0.3, 0.4) is 0 Å². The first-order valence-electron chi connectivity index (χ1n) is 7.64. The van der Waals surface area contributed by atoms with E-state index in [1.54, 1.807) is 0 Å². The summed E-state index contributed by atoms with van der Waals surface area (Å²) in [5.41, 5.74) is 3.68. The number of benzene rings is 1. The smallest absolute Gasteiger partial charge is 0.0625 e. The van der Waals surface area contributed by atoms with E-state index in [2.05, 4.69) is 42.5 Å². The SMILES string of the molecule is CCCNC(Cc1ccc(Cl)cc1)c1cc(CC)nn1C. The van der Waals surface area contributed by atoms with Crippen molar-refractivity contribution >= 4 is 11.6 Å². The molecule has 0 amide bonds. The van der Waals surface area contributed by atoms with E-state index in [9.17, 15) is 0 Å². The molecule has 4 heteroatoms. The lowest BCUT2D eigenvalue weighted by atomic mass is 10.0. The molecule has 0 radical (unpaired) electrons. The van der Waals surface area contributed by atoms with Gasteiger partial charge in [0.25, 0.3) is 0 Å². The second-order valence-electron chi connectivity index (χ2n) is 5.38. The van der Waals surface area contributed by atoms with Gasteiger partial charge in [-0.25, -0.2) is 0 Å². The molecule has 21 heavy (non-hydrogen) atoms. The Hall–Kier alpha value is -1.32. The van der Waals surface area contributed by atoms with Crippen molar-refractivity contribution in [3.05, 3.63) is 52.3 Å². The third-order valence-corrected chi connectivity index (χ3v) is 3.93. The summed E-state index contributed by atoms with van der Waals surface area (Å²) in [6.07, 6.45) is 3.03. The van der Waals surface area contributed by atoms with Crippen molar-refractivity contribution in [2.24, 2.45) is 7.05 Å². The third kappa shape index (κ3) is 4.32. The summed E-state index contributed by atoms with van der Waals surface area (Å²) in [6.45, 7) is 5.33. The van der Waals surface area contributed by atoms with Crippen LogP contribution in [0.25, 0.3) is 0 Å². The van der Waals surface area contributed by atoms with Crippen LogP contribution in [0.4, 0.5) is 0 Å². The van der Waals surface area contributed by atoms with Gasteiger partial charge >= 0.3 is 0 Å². The highest BCUT2D eigenvalue weighted by Gasteiger charge is 2.16. The fourth-order valence-corrected chi connectivity index (χ4v) is 2.62. The van der Waals surface area contributed by atoms with E-state index >= 15 is 0 Å². The standard InChI is InChI=1S/C17H24ClN3/c1-4-10-19-16(11-13-6-8-14(18)9-7-13)17-12-15(5-2)20-21(17)3/h6-9,12,16,19H,4-5,10-11H2,1-3H3. The van der Waals surface area contributed by atoms with Gasteiger partial charge in [-0.3, -0.25) is 4.68 Å². The average molecular weight is 306 g/mol. The Morgan fingerprint density at radius 3 is 2.52 bits per heavy atom. The molecule has 0 aliphatic rings. The van der Waals surface area contributed by atoms with Crippen LogP contribution in [0.2, 0.25) is 5.02 Å². The zero-order chi connectivity index (χ0) is 15.2. The molecule has 2 aromatic rings. The summed E-state index contributed by atoms with van der Waals surface area (Å²) in [5.74, 6) is 0. The monoisotopic (exact) mass is 305 g/mol. The van der Waals surface area contributed by atoms with Crippen molar-refractivity contribution in [2.45, 2.75) is 39.2 Å². The lowest BCUT2D eigenvalue weighted by Crippen LogP contribution is -2.26. The van der Waals surface area contributed by atoms with Gasteiger partial charge in [-0.1, -0.05) is 37.6 Å². The van der Waals surface area contributed by atoms with Crippen LogP contribution in [0.1, 0.15) is 43.3 Å². The first-order chi connectivity index (χ1) is 10.1. The molecule has 0 fully saturated rings. The van der Waals surface area contributed by atoms with E-state index in [0.29, 0.717) is 0 Å². The Morgan fingerprint density at radius 2 is 1.95 bits per heavy atom. The Kier molecular flexibility index (Phi) is 5.83. The highest BCUT2D eigenvalue weighted by atomic mass is 35.5. The topological polar surface area (TPSA) is 29.9 Å². The van der Waals surface area contributed by atoms with Crippen LogP contribution in [0.15, 0.2) is 30.3 Å². The number of aryl methyl sites for hydroxylation is 2. The van der Waals surface area contributed by atoms with E-state index in [1.165, 1.54) is 11.3 Å². The number of nitrogens with zero attached hydrogens (tertiary/aromatic N) is 2. The number of aromatic nitrogens is 2. The third-order valence-electron chi connectivity index (χ3n) is 3.68. The minimum absolute atomic E-state index is 0.281. The molecule has 1 atom stereocenters. The number of rotatable bonds is 7. The minimum atomic E-state index is 0.281. The van der Waals surface area contributed by atoms with E-state index in [4.69, 9.17) is 11.6 Å². The minimum Gasteiger partial charge on any atom is -0.308 e. The maximum atomic E-state index is 5.97. The van der Waals surface area contributed by atoms with Gasteiger partial charge in [0.2, 0.25) is 0 Å². The first-order valence-corrected chi connectivity index (χ1v) is 8.02. The molecule has 0 saturated heterocycles. The maximum absolute atomic E-state index is 5.97. The second kappa shape index (κ2) is 7.62. The molecule has 1 N–H and O–H groups in total. The van der Waals surface area contributed by atoms with E-state index in [1.807, 2.05) is 23.9 Å². The summed E-state index contributed by atoms with van der Waals surface area (Å²) in [7, 11) is 2.02. The Bertz CT molecular complexity index is 560. The van der Waals surface area contributed by atoms with Gasteiger partial charge in [0, 0.05) is 12.1 Å². The molecule has 3 nitrogen and oxygen atoms in total. The van der Waals surface area contributed by atoms with Crippen LogP contribution in [-0.2, 0) is 19.9 Å². The van der Waals surface area contributed by atoms with E-state index in [0.717, 1.165) is 36.5 Å². The average Bonchev–Trinajstić information content (AvgIpc) is 2.86. The van der Waals surface area contributed by atoms with Crippen LogP contribution in [0, 0.1) is 0 Å². The molecule has 2 rings (SSSR count). The fraction of sp³-hybridized carbons (Fsp3) is 0.471. The molecule has 1 heterocycles. The Labute approximate surface area is 132 Å². The molecule has 0 saturated carbocycles. The van der Waals surface area contributed by atoms with Crippen LogP contribution < -0.4 is 5.32 Å². The Morgan fingerprint density at radius 1 is 1.24 bits per heavy atom. The van der Waals surface area contributed by atoms with Gasteiger partial charge in [0.05, 0.1) is 17.4 Å². The normalized spacial score (nSPS) is 12.6. The van der Waals surface area contributed by atoms with Crippen molar-refractivity contribution in [1.82, 2.24) is 15.1 Å². The van der Waals surface area contributed by atoms with Gasteiger partial charge in [-0.15, -0.1) is 0 Å². The quantitative estimate of drug-likeness (QED) is 0.840. The lowest BCUT2D eigenvalue weighted by Gasteiger charge is -2.19. The predicted octanol–water partition coefficient (Wildman–Crippen LogP) is 3.92. The lowest BCUT2D eigenvalue weighted by molar-refractivity contribution is 0.493. The van der Waals surface area contributed by atoms with Crippen molar-refractivity contribution in [3.8, 4) is 0 Å². The summed E-state index contributed by atoms with van der Waals surface area (Å²) in [5, 5.41) is 8.99. The molecule has 0 spiro atoms. The number of hydrogen-bond donors (Lipinski definition) is 1. The largest absolute Gasteiger partial charge is 0.308 e. The van der Waals surface area contributed by atoms with Gasteiger partial charge < -0.3 is 5.32 Å². The zero-order valence-electron chi connectivity index (χ0n) is 13.1. The zero-order valence-corrected chi connectivity index (χ0v) is 13.8. The number of hydrogen-bond acceptors (Lipinski definition) is 2. The number of halogens is 1. The van der Waals surface area contributed by atoms with Crippen LogP contribution in [0.5, 0.6) is 0 Å². The van der Waals surface area contributed by atoms with Crippen LogP contribution >= 0.6 is 11.6 Å². The van der Waals surface area contributed by atoms with Crippen LogP contribution in [-0.4, -0.2) is 16.3 Å². The van der Waals surface area contributed by atoms with E-state index < -0.39 is 0 Å². The summed E-state index contributed by atoms with van der Waals surface area (Å²) in [4.78, 5) is 0. The van der Waals surface area contributed by atoms with Gasteiger partial charge in [0.1, 0.15) is 0 Å². The highest BCUT2D eigenvalue weighted by Crippen LogP contribution is 2.21.